The van der Waals surface area contributed by atoms with E-state index in [0.29, 0.717) is 0 Å². The van der Waals surface area contributed by atoms with Gasteiger partial charge in [-0.05, 0) is 69.8 Å². The Kier molecular flexibility index (Phi) is 11.5. The van der Waals surface area contributed by atoms with Crippen molar-refractivity contribution in [1.82, 2.24) is 4.90 Å². The molecule has 2 aromatic carbocycles. The molecule has 8 rings (SSSR count). The summed E-state index contributed by atoms with van der Waals surface area (Å²) >= 11 is 6.70. The number of hydrogen-bond donors (Lipinski definition) is 5. The normalized spacial score (nSPS) is 29.0. The molecule has 4 bridgehead atoms. The van der Waals surface area contributed by atoms with Gasteiger partial charge in [0, 0.05) is 23.8 Å². The third kappa shape index (κ3) is 7.94. The number of halogens is 1. The van der Waals surface area contributed by atoms with Crippen molar-refractivity contribution in [2.75, 3.05) is 33.1 Å². The van der Waals surface area contributed by atoms with Crippen LogP contribution in [-0.2, 0) is 28.5 Å². The van der Waals surface area contributed by atoms with Crippen molar-refractivity contribution in [3.8, 4) is 46.7 Å². The largest absolute Gasteiger partial charge is 0.504 e. The molecule has 2 aromatic rings. The molecule has 60 heavy (non-hydrogen) atoms. The Morgan fingerprint density at radius 1 is 1.13 bits per heavy atom. The van der Waals surface area contributed by atoms with Gasteiger partial charge in [0.2, 0.25) is 0 Å². The van der Waals surface area contributed by atoms with Crippen LogP contribution in [0.5, 0.6) is 23.0 Å². The molecule has 4 heterocycles. The molecule has 1 unspecified atom stereocenters. The van der Waals surface area contributed by atoms with E-state index in [4.69, 9.17) is 50.5 Å². The van der Waals surface area contributed by atoms with E-state index in [9.17, 15) is 29.7 Å². The molecule has 8 atom stereocenters. The molecule has 1 saturated heterocycles. The Morgan fingerprint density at radius 3 is 2.62 bits per heavy atom. The van der Waals surface area contributed by atoms with E-state index in [0.717, 1.165) is 0 Å². The predicted octanol–water partition coefficient (Wildman–Crippen LogP) is 2.80. The topological polar surface area (TPSA) is 218 Å². The van der Waals surface area contributed by atoms with Gasteiger partial charge in [-0.1, -0.05) is 42.0 Å². The maximum absolute atomic E-state index is 14.1. The van der Waals surface area contributed by atoms with Crippen molar-refractivity contribution in [1.29, 1.82) is 0 Å². The van der Waals surface area contributed by atoms with Crippen molar-refractivity contribution < 1.29 is 62.9 Å². The van der Waals surface area contributed by atoms with Crippen molar-refractivity contribution in [3.63, 3.8) is 0 Å². The Hall–Kier alpha value is -5.82. The number of aliphatic hydroxyl groups is 2. The number of hydrogen-bond acceptors (Lipinski definition) is 15. The number of esters is 2. The van der Waals surface area contributed by atoms with Crippen LogP contribution in [0.2, 0.25) is 5.02 Å². The van der Waals surface area contributed by atoms with E-state index >= 15 is 0 Å². The number of rotatable bonds is 6. The van der Waals surface area contributed by atoms with Crippen LogP contribution in [0.15, 0.2) is 72.1 Å². The molecule has 0 spiro atoms. The van der Waals surface area contributed by atoms with Crippen molar-refractivity contribution >= 4 is 35.1 Å². The highest BCUT2D eigenvalue weighted by atomic mass is 35.5. The van der Waals surface area contributed by atoms with E-state index in [2.05, 4.69) is 35.6 Å². The lowest BCUT2D eigenvalue weighted by atomic mass is 9.85. The summed E-state index contributed by atoms with van der Waals surface area (Å²) in [5.41, 5.74) is 3.86. The SMILES string of the molecule is C=C1Oc2cc(OC)cc(C(=O)O[C@H]3COC(=O)C[C@H](N)c4cc(O)c(c(Cl)c4)O[C@@H]4C#CC=C3C#CC3=CC=CC34O[C@@H]3OC(C)(C)[C@@H](N(C)C)[C@@H](O)[C@H]3O)c2NC1=O. The monoisotopic (exact) mass is 843 g/mol. The molecule has 6 aliphatic rings. The van der Waals surface area contributed by atoms with Crippen molar-refractivity contribution in [3.05, 3.63) is 88.2 Å². The number of carbonyl (C=O) groups excluding carboxylic acids is 3. The Morgan fingerprint density at radius 2 is 1.90 bits per heavy atom. The van der Waals surface area contributed by atoms with E-state index in [-0.39, 0.29) is 62.4 Å². The molecular weight excluding hydrogens is 802 g/mol. The Labute approximate surface area is 350 Å². The molecule has 16 nitrogen and oxygen atoms in total. The number of ether oxygens (including phenoxy) is 7. The molecular formula is C43H42ClN3O13. The lowest BCUT2D eigenvalue weighted by molar-refractivity contribution is -0.329. The molecule has 4 aliphatic heterocycles. The molecule has 1 amide bonds. The first-order valence-corrected chi connectivity index (χ1v) is 19.0. The summed E-state index contributed by atoms with van der Waals surface area (Å²) in [5, 5.41) is 36.6. The Bertz CT molecular complexity index is 2360. The summed E-state index contributed by atoms with van der Waals surface area (Å²) in [6.07, 6.45) is -1.46. The summed E-state index contributed by atoms with van der Waals surface area (Å²) in [5.74, 6) is 8.83. The van der Waals surface area contributed by atoms with Gasteiger partial charge in [-0.15, -0.1) is 0 Å². The lowest BCUT2D eigenvalue weighted by Crippen LogP contribution is -2.68. The van der Waals surface area contributed by atoms with Gasteiger partial charge in [0.15, 0.2) is 47.1 Å². The quantitative estimate of drug-likeness (QED) is 0.161. The van der Waals surface area contributed by atoms with Crippen LogP contribution in [-0.4, -0.2) is 114 Å². The number of nitrogens with zero attached hydrogens (tertiary/aromatic N) is 1. The number of benzene rings is 2. The molecule has 0 radical (unpaired) electrons. The summed E-state index contributed by atoms with van der Waals surface area (Å²) in [6.45, 7) is 6.50. The maximum atomic E-state index is 14.1. The average molecular weight is 844 g/mol. The molecule has 314 valence electrons. The number of phenolic OH excluding ortho intramolecular Hbond substituents is 1. The summed E-state index contributed by atoms with van der Waals surface area (Å²) in [6, 6.07) is 3.83. The molecule has 1 fully saturated rings. The first kappa shape index (κ1) is 42.3. The van der Waals surface area contributed by atoms with Crippen LogP contribution in [0.1, 0.15) is 42.2 Å². The predicted molar refractivity (Wildman–Crippen MR) is 214 cm³/mol. The summed E-state index contributed by atoms with van der Waals surface area (Å²) in [7, 11) is 4.87. The van der Waals surface area contributed by atoms with Crippen molar-refractivity contribution in [2.24, 2.45) is 5.73 Å². The molecule has 0 aromatic heterocycles. The first-order valence-electron chi connectivity index (χ1n) is 18.6. The number of likely N-dealkylation sites (N-methyl/N-ethyl adjacent to an activating group) is 1. The minimum absolute atomic E-state index is 0.0160. The number of aromatic hydroxyl groups is 1. The van der Waals surface area contributed by atoms with E-state index in [1.54, 1.807) is 51.1 Å². The zero-order chi connectivity index (χ0) is 43.3. The van der Waals surface area contributed by atoms with E-state index in [1.807, 2.05) is 0 Å². The highest BCUT2D eigenvalue weighted by Gasteiger charge is 2.55. The fraction of sp³-hybridized carbons (Fsp3) is 0.372. The standard InChI is InChI=1S/C43H42ClN3O13/c1-21-39(52)46-34-26(17-25(54-6)18-30(34)56-21)40(53)57-31-20-55-33(49)19-28(45)23-15-27(44)37(29(48)16-23)58-32-11-7-9-22(31)12-13-24-10-8-14-43(24,32)60-41-36(51)35(50)38(47(4)5)42(2,3)59-41/h8-10,14-18,28,31-32,35-36,38,41,48,50-51H,1,19-20,45H2,2-6H3,(H,46,52)/t28-,31-,32+,35-,36+,38-,41-,43?/m0/s1. The second-order valence-electron chi connectivity index (χ2n) is 15.2. The second-order valence-corrected chi connectivity index (χ2v) is 15.6. The van der Waals surface area contributed by atoms with Gasteiger partial charge in [-0.3, -0.25) is 9.59 Å². The van der Waals surface area contributed by atoms with Gasteiger partial charge in [0.05, 0.1) is 47.0 Å². The van der Waals surface area contributed by atoms with Crippen LogP contribution in [0, 0.1) is 23.7 Å². The van der Waals surface area contributed by atoms with Gasteiger partial charge in [0.1, 0.15) is 24.6 Å². The van der Waals surface area contributed by atoms with Gasteiger partial charge < -0.3 is 64.4 Å². The number of aliphatic hydroxyl groups excluding tert-OH is 2. The van der Waals surface area contributed by atoms with Crippen LogP contribution >= 0.6 is 11.6 Å². The second kappa shape index (κ2) is 16.3. The number of amides is 1. The van der Waals surface area contributed by atoms with Crippen LogP contribution in [0.25, 0.3) is 0 Å². The van der Waals surface area contributed by atoms with E-state index in [1.165, 1.54) is 37.5 Å². The number of phenols is 1. The zero-order valence-corrected chi connectivity index (χ0v) is 33.9. The maximum Gasteiger partial charge on any atom is 0.341 e. The fourth-order valence-electron chi connectivity index (χ4n) is 7.61. The minimum atomic E-state index is -1.80. The lowest BCUT2D eigenvalue weighted by Gasteiger charge is -2.51. The highest BCUT2D eigenvalue weighted by Crippen LogP contribution is 2.44. The minimum Gasteiger partial charge on any atom is -0.504 e. The molecule has 17 heteroatoms. The first-order chi connectivity index (χ1) is 28.4. The van der Waals surface area contributed by atoms with E-state index < -0.39 is 84.2 Å². The highest BCUT2D eigenvalue weighted by molar-refractivity contribution is 6.32. The number of fused-ring (bicyclic) bond motifs is 9. The van der Waals surface area contributed by atoms with Gasteiger partial charge >= 0.3 is 11.9 Å². The number of anilines is 1. The third-order valence-corrected chi connectivity index (χ3v) is 10.8. The Balaban J connectivity index is 1.34. The molecule has 2 aliphatic carbocycles. The molecule has 0 saturated carbocycles. The van der Waals surface area contributed by atoms with Crippen LogP contribution < -0.4 is 25.3 Å². The number of nitrogens with two attached hydrogens (primary N) is 1. The van der Waals surface area contributed by atoms with Gasteiger partial charge in [-0.25, -0.2) is 4.79 Å². The summed E-state index contributed by atoms with van der Waals surface area (Å²) < 4.78 is 41.9. The number of allylic oxidation sites excluding steroid dienone is 3. The van der Waals surface area contributed by atoms with Gasteiger partial charge in [-0.2, -0.15) is 0 Å². The number of methoxy groups -OCH3 is 1. The zero-order valence-electron chi connectivity index (χ0n) is 33.1. The van der Waals surface area contributed by atoms with Crippen molar-refractivity contribution in [2.45, 2.75) is 74.3 Å². The van der Waals surface area contributed by atoms with Crippen LogP contribution in [0.4, 0.5) is 5.69 Å². The smallest absolute Gasteiger partial charge is 0.341 e. The van der Waals surface area contributed by atoms with Crippen LogP contribution in [0.3, 0.4) is 0 Å². The van der Waals surface area contributed by atoms with Gasteiger partial charge in [0.25, 0.3) is 5.91 Å². The fourth-order valence-corrected chi connectivity index (χ4v) is 7.88. The number of nitrogens with one attached hydrogen (secondary N) is 1. The number of carbonyl (C=O) groups is 3. The average Bonchev–Trinajstić information content (AvgIpc) is 3.60. The summed E-state index contributed by atoms with van der Waals surface area (Å²) in [4.78, 5) is 41.6. The molecule has 6 N–H and O–H groups in total. The third-order valence-electron chi connectivity index (χ3n) is 10.5.